The van der Waals surface area contributed by atoms with Gasteiger partial charge in [0.15, 0.2) is 0 Å². The summed E-state index contributed by atoms with van der Waals surface area (Å²) in [4.78, 5) is 26.7. The van der Waals surface area contributed by atoms with E-state index in [4.69, 9.17) is 0 Å². The van der Waals surface area contributed by atoms with E-state index in [2.05, 4.69) is 0 Å². The molecule has 0 aromatic heterocycles. The number of phenols is 1. The van der Waals surface area contributed by atoms with Crippen molar-refractivity contribution < 1.29 is 14.8 Å². The molecule has 1 amide bonds. The average Bonchev–Trinajstić information content (AvgIpc) is 2.62. The van der Waals surface area contributed by atoms with Crippen molar-refractivity contribution >= 4 is 17.3 Å². The molecule has 0 saturated carbocycles. The minimum absolute atomic E-state index is 0.0649. The summed E-state index contributed by atoms with van der Waals surface area (Å²) in [6.07, 6.45) is 0. The minimum atomic E-state index is -0.409. The first-order valence-corrected chi connectivity index (χ1v) is 7.62. The van der Waals surface area contributed by atoms with Crippen molar-refractivity contribution in [3.8, 4) is 5.75 Å². The smallest absolute Gasteiger partial charge is 0.271 e. The van der Waals surface area contributed by atoms with E-state index < -0.39 is 4.92 Å². The van der Waals surface area contributed by atoms with Crippen LogP contribution in [0.3, 0.4) is 0 Å². The number of hydrogen-bond donors (Lipinski definition) is 1. The third-order valence-corrected chi connectivity index (χ3v) is 4.09. The highest BCUT2D eigenvalue weighted by Crippen LogP contribution is 2.22. The maximum Gasteiger partial charge on any atom is 0.271 e. The molecule has 0 spiro atoms. The lowest BCUT2D eigenvalue weighted by Gasteiger charge is -2.36. The number of phenolic OH excluding ortho intramolecular Hbond substituents is 1. The van der Waals surface area contributed by atoms with Crippen LogP contribution in [-0.4, -0.2) is 47.0 Å². The van der Waals surface area contributed by atoms with E-state index in [1.165, 1.54) is 18.2 Å². The number of nitro groups is 1. The highest BCUT2D eigenvalue weighted by Gasteiger charge is 2.23. The van der Waals surface area contributed by atoms with E-state index in [0.717, 1.165) is 5.69 Å². The van der Waals surface area contributed by atoms with Crippen LogP contribution in [0, 0.1) is 10.1 Å². The molecule has 1 N–H and O–H groups in total. The van der Waals surface area contributed by atoms with E-state index >= 15 is 0 Å². The topological polar surface area (TPSA) is 86.9 Å². The monoisotopic (exact) mass is 327 g/mol. The summed E-state index contributed by atoms with van der Waals surface area (Å²) >= 11 is 0. The molecule has 1 aliphatic rings. The van der Waals surface area contributed by atoms with Gasteiger partial charge in [0.2, 0.25) is 0 Å². The highest BCUT2D eigenvalue weighted by atomic mass is 16.6. The summed E-state index contributed by atoms with van der Waals surface area (Å²) in [7, 11) is 0. The van der Waals surface area contributed by atoms with Crippen LogP contribution in [-0.2, 0) is 0 Å². The van der Waals surface area contributed by atoms with Gasteiger partial charge in [-0.15, -0.1) is 0 Å². The van der Waals surface area contributed by atoms with Crippen LogP contribution in [0.4, 0.5) is 11.4 Å². The van der Waals surface area contributed by atoms with Crippen molar-refractivity contribution in [2.75, 3.05) is 31.1 Å². The first-order valence-electron chi connectivity index (χ1n) is 7.62. The predicted molar refractivity (Wildman–Crippen MR) is 89.3 cm³/mol. The van der Waals surface area contributed by atoms with Gasteiger partial charge in [-0.1, -0.05) is 6.07 Å². The number of rotatable bonds is 3. The maximum absolute atomic E-state index is 12.4. The van der Waals surface area contributed by atoms with Gasteiger partial charge in [-0.25, -0.2) is 0 Å². The Bertz CT molecular complexity index is 753. The summed E-state index contributed by atoms with van der Waals surface area (Å²) in [6, 6.07) is 12.7. The van der Waals surface area contributed by atoms with Crippen molar-refractivity contribution in [1.29, 1.82) is 0 Å². The molecule has 24 heavy (non-hydrogen) atoms. The molecule has 7 nitrogen and oxygen atoms in total. The van der Waals surface area contributed by atoms with Crippen LogP contribution in [0.5, 0.6) is 5.75 Å². The fraction of sp³-hybridized carbons (Fsp3) is 0.235. The van der Waals surface area contributed by atoms with Crippen LogP contribution in [0.2, 0.25) is 0 Å². The van der Waals surface area contributed by atoms with Crippen LogP contribution >= 0.6 is 0 Å². The van der Waals surface area contributed by atoms with Crippen LogP contribution in [0.15, 0.2) is 48.5 Å². The zero-order valence-electron chi connectivity index (χ0n) is 13.0. The van der Waals surface area contributed by atoms with Gasteiger partial charge < -0.3 is 14.9 Å². The normalized spacial score (nSPS) is 14.5. The second kappa shape index (κ2) is 6.57. The number of nitro benzene ring substituents is 1. The Morgan fingerprint density at radius 3 is 2.33 bits per heavy atom. The average molecular weight is 327 g/mol. The van der Waals surface area contributed by atoms with Crippen molar-refractivity contribution in [3.63, 3.8) is 0 Å². The first kappa shape index (κ1) is 15.8. The third-order valence-electron chi connectivity index (χ3n) is 4.09. The maximum atomic E-state index is 12.4. The number of amides is 1. The Kier molecular flexibility index (Phi) is 4.33. The summed E-state index contributed by atoms with van der Waals surface area (Å²) in [5, 5.41) is 20.2. The van der Waals surface area contributed by atoms with Gasteiger partial charge in [-0.3, -0.25) is 14.9 Å². The zero-order chi connectivity index (χ0) is 17.1. The van der Waals surface area contributed by atoms with Gasteiger partial charge in [0.05, 0.1) is 4.92 Å². The second-order valence-electron chi connectivity index (χ2n) is 5.60. The molecule has 7 heteroatoms. The van der Waals surface area contributed by atoms with E-state index in [1.54, 1.807) is 29.2 Å². The quantitative estimate of drug-likeness (QED) is 0.690. The second-order valence-corrected chi connectivity index (χ2v) is 5.60. The van der Waals surface area contributed by atoms with Gasteiger partial charge in [0.1, 0.15) is 5.75 Å². The number of carbonyl (C=O) groups excluding carboxylic acids is 1. The molecular formula is C17H17N3O4. The number of piperazine rings is 1. The Hall–Kier alpha value is -3.09. The lowest BCUT2D eigenvalue weighted by molar-refractivity contribution is -0.384. The molecule has 2 aromatic carbocycles. The van der Waals surface area contributed by atoms with Crippen molar-refractivity contribution in [2.45, 2.75) is 0 Å². The molecule has 1 fully saturated rings. The minimum Gasteiger partial charge on any atom is -0.508 e. The number of carbonyl (C=O) groups is 1. The molecular weight excluding hydrogens is 310 g/mol. The molecule has 0 atom stereocenters. The van der Waals surface area contributed by atoms with Gasteiger partial charge in [-0.2, -0.15) is 0 Å². The van der Waals surface area contributed by atoms with E-state index in [9.17, 15) is 20.0 Å². The molecule has 1 saturated heterocycles. The number of benzene rings is 2. The number of anilines is 1. The van der Waals surface area contributed by atoms with Crippen LogP contribution in [0.25, 0.3) is 0 Å². The fourth-order valence-electron chi connectivity index (χ4n) is 2.76. The Morgan fingerprint density at radius 1 is 1.04 bits per heavy atom. The standard InChI is InChI=1S/C17H17N3O4/c21-16-6-4-13(5-7-16)17(22)19-10-8-18(9-11-19)14-2-1-3-15(12-14)20(23)24/h1-7,12,21H,8-11H2. The third kappa shape index (κ3) is 3.29. The molecule has 1 aliphatic heterocycles. The van der Waals surface area contributed by atoms with Gasteiger partial charge in [0.25, 0.3) is 11.6 Å². The summed E-state index contributed by atoms with van der Waals surface area (Å²) in [5.41, 5.74) is 1.40. The molecule has 3 rings (SSSR count). The molecule has 2 aromatic rings. The Morgan fingerprint density at radius 2 is 1.71 bits per heavy atom. The zero-order valence-corrected chi connectivity index (χ0v) is 13.0. The molecule has 0 unspecified atom stereocenters. The van der Waals surface area contributed by atoms with Crippen LogP contribution in [0.1, 0.15) is 10.4 Å². The fourth-order valence-corrected chi connectivity index (χ4v) is 2.76. The summed E-state index contributed by atoms with van der Waals surface area (Å²) in [5.74, 6) is 0.0516. The SMILES string of the molecule is O=C(c1ccc(O)cc1)N1CCN(c2cccc([N+](=O)[O-])c2)CC1. The largest absolute Gasteiger partial charge is 0.508 e. The molecule has 1 heterocycles. The number of hydrogen-bond acceptors (Lipinski definition) is 5. The van der Waals surface area contributed by atoms with Crippen molar-refractivity contribution in [1.82, 2.24) is 4.90 Å². The summed E-state index contributed by atoms with van der Waals surface area (Å²) < 4.78 is 0. The van der Waals surface area contributed by atoms with E-state index in [-0.39, 0.29) is 17.3 Å². The lowest BCUT2D eigenvalue weighted by atomic mass is 10.1. The molecule has 0 aliphatic carbocycles. The first-order chi connectivity index (χ1) is 11.5. The number of aromatic hydroxyl groups is 1. The van der Waals surface area contributed by atoms with Gasteiger partial charge in [-0.05, 0) is 30.3 Å². The molecule has 0 bridgehead atoms. The van der Waals surface area contributed by atoms with Crippen LogP contribution < -0.4 is 4.90 Å². The van der Waals surface area contributed by atoms with Crippen molar-refractivity contribution in [3.05, 3.63) is 64.2 Å². The van der Waals surface area contributed by atoms with E-state index in [1.807, 2.05) is 11.0 Å². The summed E-state index contributed by atoms with van der Waals surface area (Å²) in [6.45, 7) is 2.32. The molecule has 0 radical (unpaired) electrons. The Labute approximate surface area is 138 Å². The van der Waals surface area contributed by atoms with Gasteiger partial charge in [0, 0.05) is 49.6 Å². The lowest BCUT2D eigenvalue weighted by Crippen LogP contribution is -2.48. The van der Waals surface area contributed by atoms with Crippen molar-refractivity contribution in [2.24, 2.45) is 0 Å². The van der Waals surface area contributed by atoms with E-state index in [0.29, 0.717) is 31.7 Å². The number of nitrogens with zero attached hydrogens (tertiary/aromatic N) is 3. The molecule has 124 valence electrons. The number of non-ortho nitro benzene ring substituents is 1. The Balaban J connectivity index is 1.65. The van der Waals surface area contributed by atoms with Gasteiger partial charge >= 0.3 is 0 Å². The predicted octanol–water partition coefficient (Wildman–Crippen LogP) is 2.26. The highest BCUT2D eigenvalue weighted by molar-refractivity contribution is 5.94.